The highest BCUT2D eigenvalue weighted by Crippen LogP contribution is 2.26. The lowest BCUT2D eigenvalue weighted by Gasteiger charge is -2.03. The predicted molar refractivity (Wildman–Crippen MR) is 58.6 cm³/mol. The zero-order chi connectivity index (χ0) is 11.5. The standard InChI is InChI=1S/C10H9N3O2S/c1-6-2-3-7(9(14)15)8(13-6)16-10-11-4-5-12-10/h2-5H,1H3,(H,11,12)(H,14,15). The molecule has 0 radical (unpaired) electrons. The predicted octanol–water partition coefficient (Wildman–Crippen LogP) is 1.96. The maximum absolute atomic E-state index is 11.0. The van der Waals surface area contributed by atoms with E-state index in [1.807, 2.05) is 6.92 Å². The number of nitrogens with zero attached hydrogens (tertiary/aromatic N) is 2. The first-order valence-corrected chi connectivity index (χ1v) is 5.36. The molecule has 0 spiro atoms. The summed E-state index contributed by atoms with van der Waals surface area (Å²) in [6, 6.07) is 3.23. The summed E-state index contributed by atoms with van der Waals surface area (Å²) in [5, 5.41) is 10.1. The van der Waals surface area contributed by atoms with E-state index in [1.165, 1.54) is 11.8 Å². The van der Waals surface area contributed by atoms with Crippen LogP contribution in [0, 0.1) is 6.92 Å². The monoisotopic (exact) mass is 235 g/mol. The average Bonchev–Trinajstić information content (AvgIpc) is 2.70. The Kier molecular flexibility index (Phi) is 2.91. The molecule has 0 aliphatic heterocycles. The number of pyridine rings is 1. The minimum absolute atomic E-state index is 0.187. The van der Waals surface area contributed by atoms with Gasteiger partial charge in [-0.3, -0.25) is 0 Å². The topological polar surface area (TPSA) is 78.9 Å². The van der Waals surface area contributed by atoms with Gasteiger partial charge in [-0.15, -0.1) is 0 Å². The number of carboxylic acids is 1. The van der Waals surface area contributed by atoms with Crippen molar-refractivity contribution >= 4 is 17.7 Å². The second-order valence-corrected chi connectivity index (χ2v) is 4.08. The van der Waals surface area contributed by atoms with Crippen LogP contribution in [-0.4, -0.2) is 26.0 Å². The number of hydrogen-bond donors (Lipinski definition) is 2. The molecule has 2 N–H and O–H groups in total. The zero-order valence-corrected chi connectivity index (χ0v) is 9.28. The lowest BCUT2D eigenvalue weighted by Crippen LogP contribution is -2.01. The molecule has 0 aliphatic rings. The summed E-state index contributed by atoms with van der Waals surface area (Å²) in [6.45, 7) is 1.82. The highest BCUT2D eigenvalue weighted by molar-refractivity contribution is 7.99. The van der Waals surface area contributed by atoms with E-state index in [0.717, 1.165) is 5.69 Å². The first-order chi connectivity index (χ1) is 7.66. The van der Waals surface area contributed by atoms with Crippen LogP contribution < -0.4 is 0 Å². The maximum atomic E-state index is 11.0. The molecule has 0 fully saturated rings. The van der Waals surface area contributed by atoms with Crippen molar-refractivity contribution < 1.29 is 9.90 Å². The molecular formula is C10H9N3O2S. The first-order valence-electron chi connectivity index (χ1n) is 4.55. The van der Waals surface area contributed by atoms with Crippen molar-refractivity contribution in [2.24, 2.45) is 0 Å². The zero-order valence-electron chi connectivity index (χ0n) is 8.47. The van der Waals surface area contributed by atoms with Crippen molar-refractivity contribution in [3.05, 3.63) is 35.8 Å². The third kappa shape index (κ3) is 2.22. The average molecular weight is 235 g/mol. The van der Waals surface area contributed by atoms with E-state index in [9.17, 15) is 4.79 Å². The van der Waals surface area contributed by atoms with Crippen LogP contribution in [0.2, 0.25) is 0 Å². The summed E-state index contributed by atoms with van der Waals surface area (Å²) in [4.78, 5) is 22.1. The third-order valence-corrected chi connectivity index (χ3v) is 2.82. The number of carbonyl (C=O) groups is 1. The number of aryl methyl sites for hydroxylation is 1. The number of nitrogens with one attached hydrogen (secondary N) is 1. The second-order valence-electron chi connectivity index (χ2n) is 3.11. The van der Waals surface area contributed by atoms with Crippen LogP contribution in [0.3, 0.4) is 0 Å². The summed E-state index contributed by atoms with van der Waals surface area (Å²) in [5.74, 6) is -0.985. The Morgan fingerprint density at radius 1 is 1.50 bits per heavy atom. The smallest absolute Gasteiger partial charge is 0.338 e. The van der Waals surface area contributed by atoms with Crippen molar-refractivity contribution in [3.63, 3.8) is 0 Å². The molecule has 0 amide bonds. The highest BCUT2D eigenvalue weighted by Gasteiger charge is 2.13. The summed E-state index contributed by atoms with van der Waals surface area (Å²) < 4.78 is 0. The molecule has 0 atom stereocenters. The molecule has 0 unspecified atom stereocenters. The van der Waals surface area contributed by atoms with Crippen molar-refractivity contribution in [2.75, 3.05) is 0 Å². The van der Waals surface area contributed by atoms with Crippen LogP contribution in [0.25, 0.3) is 0 Å². The van der Waals surface area contributed by atoms with E-state index in [-0.39, 0.29) is 5.56 Å². The fraction of sp³-hybridized carbons (Fsp3) is 0.100. The van der Waals surface area contributed by atoms with Gasteiger partial charge in [0.25, 0.3) is 0 Å². The Bertz CT molecular complexity index is 511. The van der Waals surface area contributed by atoms with Gasteiger partial charge in [-0.25, -0.2) is 14.8 Å². The molecule has 82 valence electrons. The van der Waals surface area contributed by atoms with E-state index in [1.54, 1.807) is 24.5 Å². The summed E-state index contributed by atoms with van der Waals surface area (Å²) in [7, 11) is 0. The molecule has 0 aliphatic carbocycles. The normalized spacial score (nSPS) is 10.3. The van der Waals surface area contributed by atoms with Gasteiger partial charge >= 0.3 is 5.97 Å². The van der Waals surface area contributed by atoms with Crippen LogP contribution in [0.5, 0.6) is 0 Å². The van der Waals surface area contributed by atoms with Crippen LogP contribution in [0.4, 0.5) is 0 Å². The van der Waals surface area contributed by atoms with E-state index in [0.29, 0.717) is 10.2 Å². The molecule has 6 heteroatoms. The SMILES string of the molecule is Cc1ccc(C(=O)O)c(Sc2ncc[nH]2)n1. The summed E-state index contributed by atoms with van der Waals surface area (Å²) in [6.07, 6.45) is 3.29. The van der Waals surface area contributed by atoms with E-state index in [4.69, 9.17) is 5.11 Å². The quantitative estimate of drug-likeness (QED) is 0.850. The molecule has 2 heterocycles. The van der Waals surface area contributed by atoms with Crippen molar-refractivity contribution in [1.29, 1.82) is 0 Å². The van der Waals surface area contributed by atoms with Crippen molar-refractivity contribution in [2.45, 2.75) is 17.1 Å². The van der Waals surface area contributed by atoms with Crippen molar-refractivity contribution in [3.8, 4) is 0 Å². The number of carboxylic acid groups (broad SMARTS) is 1. The van der Waals surface area contributed by atoms with Gasteiger partial charge < -0.3 is 10.1 Å². The van der Waals surface area contributed by atoms with Crippen LogP contribution >= 0.6 is 11.8 Å². The molecule has 0 bridgehead atoms. The molecule has 0 saturated carbocycles. The summed E-state index contributed by atoms with van der Waals surface area (Å²) in [5.41, 5.74) is 0.964. The Morgan fingerprint density at radius 3 is 2.94 bits per heavy atom. The van der Waals surface area contributed by atoms with Crippen LogP contribution in [0.15, 0.2) is 34.7 Å². The Hall–Kier alpha value is -1.82. The van der Waals surface area contributed by atoms with Crippen LogP contribution in [-0.2, 0) is 0 Å². The number of aromatic nitrogens is 3. The van der Waals surface area contributed by atoms with Gasteiger partial charge in [0.1, 0.15) is 5.03 Å². The van der Waals surface area contributed by atoms with Crippen molar-refractivity contribution in [1.82, 2.24) is 15.0 Å². The van der Waals surface area contributed by atoms with Gasteiger partial charge in [0, 0.05) is 18.1 Å². The minimum atomic E-state index is -0.985. The Morgan fingerprint density at radius 2 is 2.31 bits per heavy atom. The molecule has 16 heavy (non-hydrogen) atoms. The fourth-order valence-electron chi connectivity index (χ4n) is 1.17. The van der Waals surface area contributed by atoms with Gasteiger partial charge in [0.15, 0.2) is 5.16 Å². The molecular weight excluding hydrogens is 226 g/mol. The number of rotatable bonds is 3. The van der Waals surface area contributed by atoms with Gasteiger partial charge in [-0.05, 0) is 30.8 Å². The van der Waals surface area contributed by atoms with Gasteiger partial charge in [0.2, 0.25) is 0 Å². The fourth-order valence-corrected chi connectivity index (χ4v) is 2.05. The Labute approximate surface area is 95.9 Å². The lowest BCUT2D eigenvalue weighted by atomic mass is 10.2. The molecule has 2 aromatic heterocycles. The highest BCUT2D eigenvalue weighted by atomic mass is 32.2. The van der Waals surface area contributed by atoms with Gasteiger partial charge in [0.05, 0.1) is 5.56 Å². The third-order valence-electron chi connectivity index (χ3n) is 1.90. The molecule has 5 nitrogen and oxygen atoms in total. The summed E-state index contributed by atoms with van der Waals surface area (Å²) >= 11 is 1.20. The maximum Gasteiger partial charge on any atom is 0.338 e. The Balaban J connectivity index is 2.38. The van der Waals surface area contributed by atoms with Gasteiger partial charge in [-0.2, -0.15) is 0 Å². The van der Waals surface area contributed by atoms with E-state index < -0.39 is 5.97 Å². The van der Waals surface area contributed by atoms with E-state index >= 15 is 0 Å². The number of imidazole rings is 1. The van der Waals surface area contributed by atoms with Crippen LogP contribution in [0.1, 0.15) is 16.1 Å². The molecule has 2 aromatic rings. The number of aromatic amines is 1. The lowest BCUT2D eigenvalue weighted by molar-refractivity contribution is 0.0692. The minimum Gasteiger partial charge on any atom is -0.478 e. The van der Waals surface area contributed by atoms with E-state index in [2.05, 4.69) is 15.0 Å². The molecule has 2 rings (SSSR count). The second kappa shape index (κ2) is 4.36. The number of aromatic carboxylic acids is 1. The molecule has 0 aromatic carbocycles. The van der Waals surface area contributed by atoms with Gasteiger partial charge in [-0.1, -0.05) is 0 Å². The number of H-pyrrole nitrogens is 1. The largest absolute Gasteiger partial charge is 0.478 e. The first kappa shape index (κ1) is 10.7. The number of hydrogen-bond acceptors (Lipinski definition) is 4. The molecule has 0 saturated heterocycles.